The van der Waals surface area contributed by atoms with E-state index in [0.717, 1.165) is 23.1 Å². The van der Waals surface area contributed by atoms with E-state index in [1.165, 1.54) is 12.1 Å². The zero-order chi connectivity index (χ0) is 11.3. The predicted octanol–water partition coefficient (Wildman–Crippen LogP) is 4.15. The van der Waals surface area contributed by atoms with Crippen LogP contribution in [0, 0.1) is 11.7 Å². The minimum atomic E-state index is -0.222. The summed E-state index contributed by atoms with van der Waals surface area (Å²) in [6.45, 7) is 5.49. The number of rotatable bonds is 5. The molecular weight excluding hydrogens is 259 g/mol. The average Bonchev–Trinajstić information content (AvgIpc) is 2.17. The Kier molecular flexibility index (Phi) is 5.26. The van der Waals surface area contributed by atoms with Crippen LogP contribution in [-0.4, -0.2) is 6.61 Å². The summed E-state index contributed by atoms with van der Waals surface area (Å²) in [7, 11) is 0. The Morgan fingerprint density at radius 2 is 2.13 bits per heavy atom. The van der Waals surface area contributed by atoms with Crippen LogP contribution in [0.4, 0.5) is 4.39 Å². The fourth-order valence-electron chi connectivity index (χ4n) is 1.16. The summed E-state index contributed by atoms with van der Waals surface area (Å²) < 4.78 is 19.3. The third kappa shape index (κ3) is 4.76. The van der Waals surface area contributed by atoms with Gasteiger partial charge >= 0.3 is 0 Å². The Bertz CT molecular complexity index is 312. The monoisotopic (exact) mass is 274 g/mol. The van der Waals surface area contributed by atoms with Gasteiger partial charge in [0, 0.05) is 11.1 Å². The first kappa shape index (κ1) is 12.7. The second-order valence-corrected chi connectivity index (χ2v) is 4.83. The van der Waals surface area contributed by atoms with Gasteiger partial charge in [0.1, 0.15) is 5.82 Å². The minimum Gasteiger partial charge on any atom is -0.377 e. The highest BCUT2D eigenvalue weighted by Gasteiger charge is 2.02. The molecule has 0 bridgehead atoms. The Morgan fingerprint density at radius 1 is 1.40 bits per heavy atom. The lowest BCUT2D eigenvalue weighted by atomic mass is 10.1. The molecule has 1 rings (SSSR count). The van der Waals surface area contributed by atoms with Crippen molar-refractivity contribution in [2.75, 3.05) is 6.61 Å². The van der Waals surface area contributed by atoms with Crippen molar-refractivity contribution < 1.29 is 9.13 Å². The molecule has 1 aromatic carbocycles. The zero-order valence-corrected chi connectivity index (χ0v) is 10.7. The zero-order valence-electron chi connectivity index (χ0n) is 9.09. The SMILES string of the molecule is CC(C)CCOCc1cc(F)ccc1Br. The Morgan fingerprint density at radius 3 is 2.80 bits per heavy atom. The van der Waals surface area contributed by atoms with Crippen molar-refractivity contribution in [1.29, 1.82) is 0 Å². The Hall–Kier alpha value is -0.410. The lowest BCUT2D eigenvalue weighted by Crippen LogP contribution is -2.00. The summed E-state index contributed by atoms with van der Waals surface area (Å²) in [6.07, 6.45) is 1.03. The first-order chi connectivity index (χ1) is 7.09. The third-order valence-corrected chi connectivity index (χ3v) is 2.88. The van der Waals surface area contributed by atoms with E-state index in [9.17, 15) is 4.39 Å². The number of hydrogen-bond donors (Lipinski definition) is 0. The van der Waals surface area contributed by atoms with Gasteiger partial charge in [0.25, 0.3) is 0 Å². The largest absolute Gasteiger partial charge is 0.377 e. The second kappa shape index (κ2) is 6.23. The van der Waals surface area contributed by atoms with Crippen molar-refractivity contribution in [2.45, 2.75) is 26.9 Å². The van der Waals surface area contributed by atoms with Crippen LogP contribution < -0.4 is 0 Å². The minimum absolute atomic E-state index is 0.222. The van der Waals surface area contributed by atoms with Crippen molar-refractivity contribution in [3.8, 4) is 0 Å². The molecule has 0 radical (unpaired) electrons. The Balaban J connectivity index is 2.40. The number of halogens is 2. The van der Waals surface area contributed by atoms with E-state index >= 15 is 0 Å². The van der Waals surface area contributed by atoms with Crippen LogP contribution >= 0.6 is 15.9 Å². The maximum Gasteiger partial charge on any atom is 0.123 e. The molecule has 0 saturated heterocycles. The van der Waals surface area contributed by atoms with Crippen LogP contribution in [0.3, 0.4) is 0 Å². The molecule has 1 nitrogen and oxygen atoms in total. The molecule has 0 atom stereocenters. The molecular formula is C12H16BrFO. The molecule has 0 unspecified atom stereocenters. The molecule has 0 spiro atoms. The number of hydrogen-bond acceptors (Lipinski definition) is 1. The first-order valence-corrected chi connectivity index (χ1v) is 5.90. The van der Waals surface area contributed by atoms with Crippen molar-refractivity contribution in [3.63, 3.8) is 0 Å². The molecule has 0 aliphatic heterocycles. The summed E-state index contributed by atoms with van der Waals surface area (Å²) in [5.41, 5.74) is 0.860. The molecule has 84 valence electrons. The molecule has 0 amide bonds. The van der Waals surface area contributed by atoms with Gasteiger partial charge in [0.2, 0.25) is 0 Å². The first-order valence-electron chi connectivity index (χ1n) is 5.11. The van der Waals surface area contributed by atoms with Crippen molar-refractivity contribution in [1.82, 2.24) is 0 Å². The van der Waals surface area contributed by atoms with Crippen molar-refractivity contribution >= 4 is 15.9 Å². The summed E-state index contributed by atoms with van der Waals surface area (Å²) in [4.78, 5) is 0. The van der Waals surface area contributed by atoms with E-state index in [0.29, 0.717) is 12.5 Å². The number of ether oxygens (including phenoxy) is 1. The number of benzene rings is 1. The quantitative estimate of drug-likeness (QED) is 0.733. The lowest BCUT2D eigenvalue weighted by Gasteiger charge is -2.08. The van der Waals surface area contributed by atoms with Gasteiger partial charge in [0.15, 0.2) is 0 Å². The molecule has 0 aliphatic rings. The van der Waals surface area contributed by atoms with Gasteiger partial charge in [-0.05, 0) is 36.1 Å². The standard InChI is InChI=1S/C12H16BrFO/c1-9(2)5-6-15-8-10-7-11(14)3-4-12(10)13/h3-4,7,9H,5-6,8H2,1-2H3. The summed E-state index contributed by atoms with van der Waals surface area (Å²) in [6, 6.07) is 4.64. The Labute approximate surface area is 98.8 Å². The van der Waals surface area contributed by atoms with Gasteiger partial charge < -0.3 is 4.74 Å². The third-order valence-electron chi connectivity index (χ3n) is 2.10. The van der Waals surface area contributed by atoms with E-state index in [-0.39, 0.29) is 5.82 Å². The van der Waals surface area contributed by atoms with Crippen LogP contribution in [0.2, 0.25) is 0 Å². The fraction of sp³-hybridized carbons (Fsp3) is 0.500. The normalized spacial score (nSPS) is 11.0. The molecule has 0 aliphatic carbocycles. The smallest absolute Gasteiger partial charge is 0.123 e. The second-order valence-electron chi connectivity index (χ2n) is 3.97. The van der Waals surface area contributed by atoms with Gasteiger partial charge in [0.05, 0.1) is 6.61 Å². The van der Waals surface area contributed by atoms with Crippen LogP contribution in [-0.2, 0) is 11.3 Å². The average molecular weight is 275 g/mol. The summed E-state index contributed by atoms with van der Waals surface area (Å²) in [5, 5.41) is 0. The van der Waals surface area contributed by atoms with Crippen LogP contribution in [0.15, 0.2) is 22.7 Å². The van der Waals surface area contributed by atoms with Crippen molar-refractivity contribution in [2.24, 2.45) is 5.92 Å². The molecule has 0 heterocycles. The highest BCUT2D eigenvalue weighted by atomic mass is 79.9. The van der Waals surface area contributed by atoms with E-state index < -0.39 is 0 Å². The molecule has 1 aromatic rings. The van der Waals surface area contributed by atoms with Crippen molar-refractivity contribution in [3.05, 3.63) is 34.1 Å². The highest BCUT2D eigenvalue weighted by molar-refractivity contribution is 9.10. The fourth-order valence-corrected chi connectivity index (χ4v) is 1.52. The van der Waals surface area contributed by atoms with Gasteiger partial charge in [-0.15, -0.1) is 0 Å². The predicted molar refractivity (Wildman–Crippen MR) is 63.2 cm³/mol. The van der Waals surface area contributed by atoms with Crippen LogP contribution in [0.25, 0.3) is 0 Å². The molecule has 15 heavy (non-hydrogen) atoms. The van der Waals surface area contributed by atoms with E-state index in [1.807, 2.05) is 0 Å². The molecule has 0 fully saturated rings. The van der Waals surface area contributed by atoms with Gasteiger partial charge in [-0.25, -0.2) is 4.39 Å². The molecule has 3 heteroatoms. The lowest BCUT2D eigenvalue weighted by molar-refractivity contribution is 0.110. The van der Waals surface area contributed by atoms with E-state index in [2.05, 4.69) is 29.8 Å². The van der Waals surface area contributed by atoms with Gasteiger partial charge in [-0.1, -0.05) is 29.8 Å². The summed E-state index contributed by atoms with van der Waals surface area (Å²) >= 11 is 3.36. The maximum atomic E-state index is 12.9. The highest BCUT2D eigenvalue weighted by Crippen LogP contribution is 2.18. The van der Waals surface area contributed by atoms with Gasteiger partial charge in [-0.2, -0.15) is 0 Å². The molecule has 0 saturated carbocycles. The van der Waals surface area contributed by atoms with Crippen LogP contribution in [0.5, 0.6) is 0 Å². The topological polar surface area (TPSA) is 9.23 Å². The molecule has 0 N–H and O–H groups in total. The van der Waals surface area contributed by atoms with E-state index in [4.69, 9.17) is 4.74 Å². The maximum absolute atomic E-state index is 12.9. The molecule has 0 aromatic heterocycles. The van der Waals surface area contributed by atoms with Gasteiger partial charge in [-0.3, -0.25) is 0 Å². The van der Waals surface area contributed by atoms with E-state index in [1.54, 1.807) is 6.07 Å². The summed E-state index contributed by atoms with van der Waals surface area (Å²) in [5.74, 6) is 0.418. The van der Waals surface area contributed by atoms with Crippen LogP contribution in [0.1, 0.15) is 25.8 Å².